The van der Waals surface area contributed by atoms with E-state index in [9.17, 15) is 9.59 Å². The first kappa shape index (κ1) is 23.2. The van der Waals surface area contributed by atoms with Gasteiger partial charge in [0.25, 0.3) is 5.56 Å². The van der Waals surface area contributed by atoms with Gasteiger partial charge in [0, 0.05) is 52.2 Å². The first-order chi connectivity index (χ1) is 19.0. The van der Waals surface area contributed by atoms with Crippen molar-refractivity contribution in [1.29, 1.82) is 0 Å². The van der Waals surface area contributed by atoms with Gasteiger partial charge in [-0.2, -0.15) is 0 Å². The number of nitrogens with one attached hydrogen (secondary N) is 3. The normalized spacial score (nSPS) is 15.6. The van der Waals surface area contributed by atoms with Crippen LogP contribution in [0.1, 0.15) is 42.5 Å². The molecule has 1 aliphatic rings. The van der Waals surface area contributed by atoms with Gasteiger partial charge in [0.15, 0.2) is 0 Å². The van der Waals surface area contributed by atoms with Crippen molar-refractivity contribution in [3.8, 4) is 0 Å². The van der Waals surface area contributed by atoms with E-state index in [0.29, 0.717) is 30.9 Å². The van der Waals surface area contributed by atoms with E-state index < -0.39 is 6.04 Å². The predicted molar refractivity (Wildman–Crippen MR) is 150 cm³/mol. The minimum absolute atomic E-state index is 0.165. The Morgan fingerprint density at radius 1 is 1.13 bits per heavy atom. The molecule has 7 rings (SSSR count). The largest absolute Gasteiger partial charge is 0.456 e. The van der Waals surface area contributed by atoms with Gasteiger partial charge in [0.05, 0.1) is 12.7 Å². The molecule has 194 valence electrons. The van der Waals surface area contributed by atoms with Gasteiger partial charge in [-0.05, 0) is 49.2 Å². The summed E-state index contributed by atoms with van der Waals surface area (Å²) in [7, 11) is 0. The third-order valence-corrected chi connectivity index (χ3v) is 7.53. The minimum atomic E-state index is -0.600. The van der Waals surface area contributed by atoms with Crippen LogP contribution in [0, 0.1) is 0 Å². The molecule has 6 aromatic rings. The topological polar surface area (TPSA) is 118 Å². The van der Waals surface area contributed by atoms with Crippen LogP contribution in [0.4, 0.5) is 5.69 Å². The lowest BCUT2D eigenvalue weighted by molar-refractivity contribution is -0.124. The molecular formula is C30H26N6O3. The predicted octanol–water partition coefficient (Wildman–Crippen LogP) is 5.00. The Balaban J connectivity index is 1.11. The number of carbonyl (C=O) groups is 1. The van der Waals surface area contributed by atoms with Gasteiger partial charge in [0.2, 0.25) is 5.91 Å². The van der Waals surface area contributed by atoms with E-state index in [4.69, 9.17) is 4.42 Å². The molecule has 0 saturated carbocycles. The average Bonchev–Trinajstić information content (AvgIpc) is 3.67. The second-order valence-corrected chi connectivity index (χ2v) is 10.0. The molecule has 9 nitrogen and oxygen atoms in total. The number of amides is 1. The molecule has 0 aliphatic carbocycles. The fraction of sp³-hybridized carbons (Fsp3) is 0.200. The highest BCUT2D eigenvalue weighted by Crippen LogP contribution is 2.31. The number of benzene rings is 2. The maximum Gasteiger partial charge on any atom is 0.277 e. The van der Waals surface area contributed by atoms with E-state index in [1.807, 2.05) is 55.5 Å². The van der Waals surface area contributed by atoms with E-state index in [2.05, 4.69) is 31.7 Å². The first-order valence-corrected chi connectivity index (χ1v) is 13.0. The summed E-state index contributed by atoms with van der Waals surface area (Å²) in [5, 5.41) is 9.37. The molecule has 0 radical (unpaired) electrons. The summed E-state index contributed by atoms with van der Waals surface area (Å²) in [5.41, 5.74) is 4.65. The maximum absolute atomic E-state index is 13.5. The molecule has 0 bridgehead atoms. The Morgan fingerprint density at radius 3 is 2.90 bits per heavy atom. The van der Waals surface area contributed by atoms with Gasteiger partial charge < -0.3 is 20.0 Å². The number of furan rings is 1. The molecule has 0 spiro atoms. The minimum Gasteiger partial charge on any atom is -0.456 e. The van der Waals surface area contributed by atoms with Crippen molar-refractivity contribution in [2.75, 3.05) is 5.32 Å². The van der Waals surface area contributed by atoms with Gasteiger partial charge in [-0.15, -0.1) is 0 Å². The SMILES string of the molecule is C[C@@H](Nc1cnc2n(c1=O)[C@H](C(=O)NCc1cc3cnccc3[nH]1)CC2)c1ccc2oc3ccccc3c2c1. The second kappa shape index (κ2) is 9.13. The van der Waals surface area contributed by atoms with Crippen LogP contribution in [0.15, 0.2) is 82.4 Å². The third kappa shape index (κ3) is 4.03. The summed E-state index contributed by atoms with van der Waals surface area (Å²) in [4.78, 5) is 38.6. The Labute approximate surface area is 222 Å². The molecule has 0 fully saturated rings. The molecule has 2 aromatic carbocycles. The highest BCUT2D eigenvalue weighted by Gasteiger charge is 2.31. The summed E-state index contributed by atoms with van der Waals surface area (Å²) >= 11 is 0. The maximum atomic E-state index is 13.5. The van der Waals surface area contributed by atoms with Crippen LogP contribution in [-0.2, 0) is 17.8 Å². The van der Waals surface area contributed by atoms with E-state index in [-0.39, 0.29) is 17.5 Å². The van der Waals surface area contributed by atoms with Crippen molar-refractivity contribution < 1.29 is 9.21 Å². The highest BCUT2D eigenvalue weighted by atomic mass is 16.3. The van der Waals surface area contributed by atoms with Crippen molar-refractivity contribution >= 4 is 44.4 Å². The van der Waals surface area contributed by atoms with Crippen LogP contribution in [0.25, 0.3) is 32.8 Å². The zero-order valence-electron chi connectivity index (χ0n) is 21.3. The molecule has 0 unspecified atom stereocenters. The zero-order valence-corrected chi connectivity index (χ0v) is 21.3. The molecule has 0 saturated heterocycles. The Morgan fingerprint density at radius 2 is 2.00 bits per heavy atom. The number of anilines is 1. The van der Waals surface area contributed by atoms with Crippen LogP contribution in [0.3, 0.4) is 0 Å². The number of pyridine rings is 1. The Kier molecular flexibility index (Phi) is 5.43. The summed E-state index contributed by atoms with van der Waals surface area (Å²) in [6, 6.07) is 17.1. The standard InChI is InChI=1S/C30H26N6O3/c1-17(18-6-8-27-22(13-18)21-4-2-3-5-26(21)39-27)34-24-16-32-28-9-7-25(36(28)30(24)38)29(37)33-15-20-12-19-14-31-11-10-23(19)35-20/h2-6,8,10-14,16-17,25,34-35H,7,9,15H2,1H3,(H,33,37)/t17-,25+/m1/s1. The number of para-hydroxylation sites is 1. The number of carbonyl (C=O) groups excluding carboxylic acids is 1. The monoisotopic (exact) mass is 518 g/mol. The number of hydrogen-bond acceptors (Lipinski definition) is 6. The molecule has 1 aliphatic heterocycles. The smallest absolute Gasteiger partial charge is 0.277 e. The molecule has 39 heavy (non-hydrogen) atoms. The average molecular weight is 519 g/mol. The van der Waals surface area contributed by atoms with Crippen LogP contribution in [-0.4, -0.2) is 25.4 Å². The van der Waals surface area contributed by atoms with Gasteiger partial charge in [0.1, 0.15) is 28.7 Å². The number of fused-ring (bicyclic) bond motifs is 5. The Hall–Kier alpha value is -4.92. The number of hydrogen-bond donors (Lipinski definition) is 3. The molecule has 3 N–H and O–H groups in total. The molecule has 9 heteroatoms. The first-order valence-electron chi connectivity index (χ1n) is 13.0. The number of H-pyrrole nitrogens is 1. The second-order valence-electron chi connectivity index (χ2n) is 10.0. The molecule has 1 amide bonds. The van der Waals surface area contributed by atoms with Crippen molar-refractivity contribution in [2.24, 2.45) is 0 Å². The molecule has 5 heterocycles. The van der Waals surface area contributed by atoms with Crippen molar-refractivity contribution in [1.82, 2.24) is 24.8 Å². The summed E-state index contributed by atoms with van der Waals surface area (Å²) in [5.74, 6) is 0.429. The van der Waals surface area contributed by atoms with Gasteiger partial charge >= 0.3 is 0 Å². The number of aryl methyl sites for hydroxylation is 1. The fourth-order valence-electron chi connectivity index (χ4n) is 5.51. The van der Waals surface area contributed by atoms with Crippen molar-refractivity contribution in [3.05, 3.63) is 101 Å². The van der Waals surface area contributed by atoms with E-state index in [1.54, 1.807) is 18.6 Å². The molecule has 2 atom stereocenters. The summed E-state index contributed by atoms with van der Waals surface area (Å²) in [6.45, 7) is 2.34. The van der Waals surface area contributed by atoms with E-state index in [0.717, 1.165) is 44.1 Å². The van der Waals surface area contributed by atoms with Crippen LogP contribution in [0.2, 0.25) is 0 Å². The number of rotatable bonds is 6. The van der Waals surface area contributed by atoms with Gasteiger partial charge in [-0.3, -0.25) is 19.1 Å². The number of nitrogens with zero attached hydrogens (tertiary/aromatic N) is 3. The summed E-state index contributed by atoms with van der Waals surface area (Å²) < 4.78 is 7.48. The Bertz CT molecular complexity index is 1900. The zero-order chi connectivity index (χ0) is 26.5. The lowest BCUT2D eigenvalue weighted by Gasteiger charge is -2.18. The quantitative estimate of drug-likeness (QED) is 0.286. The molecule has 4 aromatic heterocycles. The lowest BCUT2D eigenvalue weighted by atomic mass is 10.0. The van der Waals surface area contributed by atoms with Gasteiger partial charge in [-0.1, -0.05) is 24.3 Å². The summed E-state index contributed by atoms with van der Waals surface area (Å²) in [6.07, 6.45) is 6.19. The number of aromatic amines is 1. The van der Waals surface area contributed by atoms with E-state index in [1.165, 1.54) is 4.57 Å². The molecular weight excluding hydrogens is 492 g/mol. The van der Waals surface area contributed by atoms with Crippen molar-refractivity contribution in [2.45, 2.75) is 38.4 Å². The van der Waals surface area contributed by atoms with Gasteiger partial charge in [-0.25, -0.2) is 4.98 Å². The van der Waals surface area contributed by atoms with Crippen molar-refractivity contribution in [3.63, 3.8) is 0 Å². The lowest BCUT2D eigenvalue weighted by Crippen LogP contribution is -2.36. The van der Waals surface area contributed by atoms with Crippen LogP contribution in [0.5, 0.6) is 0 Å². The number of aromatic nitrogens is 4. The van der Waals surface area contributed by atoms with E-state index >= 15 is 0 Å². The fourth-order valence-corrected chi connectivity index (χ4v) is 5.51. The van der Waals surface area contributed by atoms with Crippen LogP contribution >= 0.6 is 0 Å². The van der Waals surface area contributed by atoms with Crippen LogP contribution < -0.4 is 16.2 Å². The highest BCUT2D eigenvalue weighted by molar-refractivity contribution is 6.05. The third-order valence-electron chi connectivity index (χ3n) is 7.53.